The molecule has 14 heavy (non-hydrogen) atoms. The second-order valence-corrected chi connectivity index (χ2v) is 3.43. The fraction of sp³-hybridized carbons (Fsp3) is 0.455. The molecule has 76 valence electrons. The number of aliphatic hydroxyl groups excluding tert-OH is 1. The Labute approximate surface area is 83.9 Å². The number of morpholine rings is 1. The van der Waals surface area contributed by atoms with E-state index in [4.69, 9.17) is 4.74 Å². The molecular formula is C11H15NO2. The molecule has 1 fully saturated rings. The molecule has 3 nitrogen and oxygen atoms in total. The normalized spacial score (nSPS) is 20.6. The van der Waals surface area contributed by atoms with E-state index in [1.54, 1.807) is 0 Å². The third-order valence-corrected chi connectivity index (χ3v) is 2.49. The van der Waals surface area contributed by atoms with Gasteiger partial charge in [-0.3, -0.25) is 4.90 Å². The van der Waals surface area contributed by atoms with Crippen LogP contribution in [0.15, 0.2) is 30.3 Å². The maximum Gasteiger partial charge on any atom is 0.133 e. The highest BCUT2D eigenvalue weighted by molar-refractivity contribution is 5.16. The van der Waals surface area contributed by atoms with Crippen molar-refractivity contribution < 1.29 is 9.84 Å². The van der Waals surface area contributed by atoms with Gasteiger partial charge in [-0.15, -0.1) is 0 Å². The Morgan fingerprint density at radius 3 is 2.43 bits per heavy atom. The molecule has 0 aromatic heterocycles. The number of hydrogen-bond acceptors (Lipinski definition) is 3. The van der Waals surface area contributed by atoms with E-state index in [2.05, 4.69) is 0 Å². The van der Waals surface area contributed by atoms with Crippen molar-refractivity contribution in [2.24, 2.45) is 0 Å². The molecule has 0 saturated carbocycles. The lowest BCUT2D eigenvalue weighted by molar-refractivity contribution is -0.0603. The highest BCUT2D eigenvalue weighted by Crippen LogP contribution is 2.17. The summed E-state index contributed by atoms with van der Waals surface area (Å²) < 4.78 is 5.23. The molecule has 1 N–H and O–H groups in total. The zero-order chi connectivity index (χ0) is 9.80. The van der Waals surface area contributed by atoms with Crippen LogP contribution in [0.25, 0.3) is 0 Å². The van der Waals surface area contributed by atoms with Crippen molar-refractivity contribution in [2.45, 2.75) is 6.23 Å². The van der Waals surface area contributed by atoms with Gasteiger partial charge in [-0.25, -0.2) is 0 Å². The summed E-state index contributed by atoms with van der Waals surface area (Å²) in [5.74, 6) is 0. The minimum absolute atomic E-state index is 0.486. The molecule has 1 atom stereocenters. The summed E-state index contributed by atoms with van der Waals surface area (Å²) in [5, 5.41) is 10.0. The summed E-state index contributed by atoms with van der Waals surface area (Å²) in [7, 11) is 0. The standard InChI is InChI=1S/C11H15NO2/c13-11(10-4-2-1-3-5-10)12-6-8-14-9-7-12/h1-5,11,13H,6-9H2. The zero-order valence-electron chi connectivity index (χ0n) is 8.10. The molecule has 1 aliphatic heterocycles. The molecular weight excluding hydrogens is 178 g/mol. The molecule has 1 aliphatic rings. The fourth-order valence-electron chi connectivity index (χ4n) is 1.66. The minimum atomic E-state index is -0.486. The third-order valence-electron chi connectivity index (χ3n) is 2.49. The predicted molar refractivity (Wildman–Crippen MR) is 53.8 cm³/mol. The topological polar surface area (TPSA) is 32.7 Å². The van der Waals surface area contributed by atoms with E-state index < -0.39 is 6.23 Å². The summed E-state index contributed by atoms with van der Waals surface area (Å²) >= 11 is 0. The number of aliphatic hydroxyl groups is 1. The van der Waals surface area contributed by atoms with E-state index in [0.29, 0.717) is 13.2 Å². The summed E-state index contributed by atoms with van der Waals surface area (Å²) in [4.78, 5) is 2.03. The highest BCUT2D eigenvalue weighted by atomic mass is 16.5. The lowest BCUT2D eigenvalue weighted by Crippen LogP contribution is -2.38. The number of benzene rings is 1. The molecule has 1 unspecified atom stereocenters. The van der Waals surface area contributed by atoms with Crippen LogP contribution < -0.4 is 0 Å². The second-order valence-electron chi connectivity index (χ2n) is 3.43. The number of hydrogen-bond donors (Lipinski definition) is 1. The fourth-order valence-corrected chi connectivity index (χ4v) is 1.66. The predicted octanol–water partition coefficient (Wildman–Crippen LogP) is 1.01. The maximum absolute atomic E-state index is 10.0. The van der Waals surface area contributed by atoms with Crippen LogP contribution in [-0.4, -0.2) is 36.3 Å². The molecule has 1 saturated heterocycles. The van der Waals surface area contributed by atoms with Gasteiger partial charge in [0.25, 0.3) is 0 Å². The molecule has 2 rings (SSSR count). The molecule has 0 amide bonds. The van der Waals surface area contributed by atoms with Crippen molar-refractivity contribution in [1.29, 1.82) is 0 Å². The first kappa shape index (κ1) is 9.65. The van der Waals surface area contributed by atoms with E-state index in [1.807, 2.05) is 35.2 Å². The smallest absolute Gasteiger partial charge is 0.133 e. The van der Waals surface area contributed by atoms with Crippen LogP contribution in [0.2, 0.25) is 0 Å². The zero-order valence-corrected chi connectivity index (χ0v) is 8.10. The first-order valence-electron chi connectivity index (χ1n) is 4.93. The lowest BCUT2D eigenvalue weighted by atomic mass is 10.2. The van der Waals surface area contributed by atoms with Gasteiger partial charge in [0.15, 0.2) is 0 Å². The molecule has 0 spiro atoms. The van der Waals surface area contributed by atoms with E-state index in [0.717, 1.165) is 18.7 Å². The molecule has 1 aromatic rings. The first-order valence-corrected chi connectivity index (χ1v) is 4.93. The molecule has 3 heteroatoms. The molecule has 1 aromatic carbocycles. The van der Waals surface area contributed by atoms with Crippen molar-refractivity contribution in [2.75, 3.05) is 26.3 Å². The summed E-state index contributed by atoms with van der Waals surface area (Å²) in [5.41, 5.74) is 0.953. The quantitative estimate of drug-likeness (QED) is 0.761. The summed E-state index contributed by atoms with van der Waals surface area (Å²) in [6.07, 6.45) is -0.486. The van der Waals surface area contributed by atoms with Crippen molar-refractivity contribution in [1.82, 2.24) is 4.90 Å². The highest BCUT2D eigenvalue weighted by Gasteiger charge is 2.19. The van der Waals surface area contributed by atoms with Gasteiger partial charge in [-0.2, -0.15) is 0 Å². The monoisotopic (exact) mass is 193 g/mol. The van der Waals surface area contributed by atoms with Gasteiger partial charge in [-0.05, 0) is 5.56 Å². The van der Waals surface area contributed by atoms with Crippen LogP contribution >= 0.6 is 0 Å². The Bertz CT molecular complexity index is 270. The second kappa shape index (κ2) is 4.55. The van der Waals surface area contributed by atoms with Crippen molar-refractivity contribution in [3.63, 3.8) is 0 Å². The van der Waals surface area contributed by atoms with Gasteiger partial charge in [0.1, 0.15) is 6.23 Å². The van der Waals surface area contributed by atoms with Crippen molar-refractivity contribution in [3.8, 4) is 0 Å². The van der Waals surface area contributed by atoms with Crippen LogP contribution in [0, 0.1) is 0 Å². The van der Waals surface area contributed by atoms with E-state index >= 15 is 0 Å². The molecule has 0 aliphatic carbocycles. The van der Waals surface area contributed by atoms with Crippen LogP contribution in [0.1, 0.15) is 11.8 Å². The lowest BCUT2D eigenvalue weighted by Gasteiger charge is -2.31. The number of rotatable bonds is 2. The first-order chi connectivity index (χ1) is 6.88. The largest absolute Gasteiger partial charge is 0.379 e. The molecule has 1 heterocycles. The van der Waals surface area contributed by atoms with Crippen molar-refractivity contribution in [3.05, 3.63) is 35.9 Å². The third kappa shape index (κ3) is 2.12. The van der Waals surface area contributed by atoms with E-state index in [9.17, 15) is 5.11 Å². The van der Waals surface area contributed by atoms with Gasteiger partial charge in [-0.1, -0.05) is 30.3 Å². The average molecular weight is 193 g/mol. The maximum atomic E-state index is 10.0. The Morgan fingerprint density at radius 1 is 1.14 bits per heavy atom. The average Bonchev–Trinajstić information content (AvgIpc) is 2.30. The van der Waals surface area contributed by atoms with Gasteiger partial charge >= 0.3 is 0 Å². The van der Waals surface area contributed by atoms with Gasteiger partial charge in [0, 0.05) is 13.1 Å². The van der Waals surface area contributed by atoms with Gasteiger partial charge in [0.2, 0.25) is 0 Å². The Hall–Kier alpha value is -0.900. The van der Waals surface area contributed by atoms with E-state index in [-0.39, 0.29) is 0 Å². The molecule has 0 bridgehead atoms. The Balaban J connectivity index is 2.03. The van der Waals surface area contributed by atoms with Crippen LogP contribution in [0.5, 0.6) is 0 Å². The summed E-state index contributed by atoms with van der Waals surface area (Å²) in [6.45, 7) is 3.03. The summed E-state index contributed by atoms with van der Waals surface area (Å²) in [6, 6.07) is 9.73. The number of nitrogens with zero attached hydrogens (tertiary/aromatic N) is 1. The SMILES string of the molecule is OC(c1ccccc1)N1CCOCC1. The number of ether oxygens (including phenoxy) is 1. The Kier molecular flexibility index (Phi) is 3.14. The van der Waals surface area contributed by atoms with Gasteiger partial charge < -0.3 is 9.84 Å². The van der Waals surface area contributed by atoms with Crippen LogP contribution in [-0.2, 0) is 4.74 Å². The Morgan fingerprint density at radius 2 is 1.79 bits per heavy atom. The molecule has 0 radical (unpaired) electrons. The minimum Gasteiger partial charge on any atom is -0.379 e. The van der Waals surface area contributed by atoms with Crippen LogP contribution in [0.4, 0.5) is 0 Å². The van der Waals surface area contributed by atoms with Gasteiger partial charge in [0.05, 0.1) is 13.2 Å². The van der Waals surface area contributed by atoms with Crippen molar-refractivity contribution >= 4 is 0 Å². The van der Waals surface area contributed by atoms with Crippen LogP contribution in [0.3, 0.4) is 0 Å². The van der Waals surface area contributed by atoms with E-state index in [1.165, 1.54) is 0 Å².